The molecule has 0 bridgehead atoms. The number of benzene rings is 2. The highest BCUT2D eigenvalue weighted by molar-refractivity contribution is 9.10. The summed E-state index contributed by atoms with van der Waals surface area (Å²) in [6, 6.07) is 9.87. The van der Waals surface area contributed by atoms with E-state index in [0.29, 0.717) is 23.4 Å². The Morgan fingerprint density at radius 2 is 2.05 bits per heavy atom. The summed E-state index contributed by atoms with van der Waals surface area (Å²) in [7, 11) is 0. The lowest BCUT2D eigenvalue weighted by atomic mass is 10.1. The van der Waals surface area contributed by atoms with Crippen molar-refractivity contribution >= 4 is 15.9 Å². The molecule has 2 aromatic rings. The van der Waals surface area contributed by atoms with Gasteiger partial charge in [0.2, 0.25) is 0 Å². The van der Waals surface area contributed by atoms with Crippen LogP contribution in [0.3, 0.4) is 0 Å². The lowest BCUT2D eigenvalue weighted by Crippen LogP contribution is -2.05. The minimum Gasteiger partial charge on any atom is -0.488 e. The van der Waals surface area contributed by atoms with E-state index in [9.17, 15) is 4.39 Å². The number of nitriles is 1. The van der Waals surface area contributed by atoms with Crippen molar-refractivity contribution in [3.05, 3.63) is 62.9 Å². The summed E-state index contributed by atoms with van der Waals surface area (Å²) < 4.78 is 20.0. The minimum atomic E-state index is -0.390. The zero-order chi connectivity index (χ0) is 15.4. The van der Waals surface area contributed by atoms with Crippen molar-refractivity contribution < 1.29 is 9.13 Å². The van der Waals surface area contributed by atoms with Gasteiger partial charge in [-0.05, 0) is 42.8 Å². The van der Waals surface area contributed by atoms with Crippen molar-refractivity contribution in [1.29, 1.82) is 5.26 Å². The number of ether oxygens (including phenoxy) is 1. The van der Waals surface area contributed by atoms with Gasteiger partial charge >= 0.3 is 0 Å². The van der Waals surface area contributed by atoms with Crippen molar-refractivity contribution in [2.75, 3.05) is 0 Å². The Bertz CT molecular complexity index is 710. The number of nitrogens with zero attached hydrogens (tertiary/aromatic N) is 1. The number of hydrogen-bond acceptors (Lipinski definition) is 3. The molecule has 0 aromatic heterocycles. The standard InChI is InChI=1S/C16H14BrFN2O/c1-10-4-14(17)5-12(8-20)16(10)21-9-13-6-15(18)3-2-11(13)7-19/h2-6H,8-9,20H2,1H3. The molecule has 0 spiro atoms. The van der Waals surface area contributed by atoms with Crippen molar-refractivity contribution in [1.82, 2.24) is 0 Å². The number of nitrogens with two attached hydrogens (primary N) is 1. The fourth-order valence-corrected chi connectivity index (χ4v) is 2.72. The van der Waals surface area contributed by atoms with E-state index in [-0.39, 0.29) is 12.4 Å². The van der Waals surface area contributed by atoms with Gasteiger partial charge in [0, 0.05) is 22.1 Å². The van der Waals surface area contributed by atoms with Gasteiger partial charge in [0.05, 0.1) is 11.6 Å². The molecular formula is C16H14BrFN2O. The summed E-state index contributed by atoms with van der Waals surface area (Å²) in [5.41, 5.74) is 8.43. The molecule has 0 fully saturated rings. The molecule has 0 saturated carbocycles. The topological polar surface area (TPSA) is 59.0 Å². The molecule has 21 heavy (non-hydrogen) atoms. The number of halogens is 2. The van der Waals surface area contributed by atoms with E-state index in [1.807, 2.05) is 25.1 Å². The first-order valence-electron chi connectivity index (χ1n) is 6.35. The first-order valence-corrected chi connectivity index (χ1v) is 7.15. The second-order valence-corrected chi connectivity index (χ2v) is 5.53. The molecule has 0 aliphatic rings. The third-order valence-electron chi connectivity index (χ3n) is 3.10. The second-order valence-electron chi connectivity index (χ2n) is 4.62. The summed E-state index contributed by atoms with van der Waals surface area (Å²) in [5.74, 6) is 0.285. The normalized spacial score (nSPS) is 10.2. The van der Waals surface area contributed by atoms with Gasteiger partial charge in [-0.2, -0.15) is 5.26 Å². The molecule has 0 saturated heterocycles. The molecular weight excluding hydrogens is 335 g/mol. The van der Waals surface area contributed by atoms with Gasteiger partial charge in [-0.3, -0.25) is 0 Å². The zero-order valence-electron chi connectivity index (χ0n) is 11.5. The van der Waals surface area contributed by atoms with Crippen LogP contribution in [0.4, 0.5) is 4.39 Å². The molecule has 5 heteroatoms. The quantitative estimate of drug-likeness (QED) is 0.913. The fourth-order valence-electron chi connectivity index (χ4n) is 2.10. The molecule has 2 N–H and O–H groups in total. The van der Waals surface area contributed by atoms with Crippen molar-refractivity contribution in [2.24, 2.45) is 5.73 Å². The monoisotopic (exact) mass is 348 g/mol. The average Bonchev–Trinajstić information content (AvgIpc) is 2.45. The highest BCUT2D eigenvalue weighted by atomic mass is 79.9. The average molecular weight is 349 g/mol. The Hall–Kier alpha value is -1.90. The molecule has 0 heterocycles. The van der Waals surface area contributed by atoms with Crippen LogP contribution in [0.2, 0.25) is 0 Å². The number of aryl methyl sites for hydroxylation is 1. The zero-order valence-corrected chi connectivity index (χ0v) is 13.1. The molecule has 108 valence electrons. The first-order chi connectivity index (χ1) is 10.0. The first kappa shape index (κ1) is 15.5. The van der Waals surface area contributed by atoms with E-state index in [1.165, 1.54) is 18.2 Å². The van der Waals surface area contributed by atoms with Crippen LogP contribution in [0.25, 0.3) is 0 Å². The second kappa shape index (κ2) is 6.70. The maximum atomic E-state index is 13.3. The van der Waals surface area contributed by atoms with Crippen LogP contribution in [0, 0.1) is 24.1 Å². The van der Waals surface area contributed by atoms with Crippen LogP contribution in [0.1, 0.15) is 22.3 Å². The Morgan fingerprint density at radius 1 is 1.29 bits per heavy atom. The van der Waals surface area contributed by atoms with Gasteiger partial charge in [-0.15, -0.1) is 0 Å². The summed E-state index contributed by atoms with van der Waals surface area (Å²) >= 11 is 3.41. The lowest BCUT2D eigenvalue weighted by Gasteiger charge is -2.14. The number of hydrogen-bond donors (Lipinski definition) is 1. The molecule has 0 unspecified atom stereocenters. The summed E-state index contributed by atoms with van der Waals surface area (Å²) in [6.45, 7) is 2.37. The van der Waals surface area contributed by atoms with E-state index in [1.54, 1.807) is 0 Å². The van der Waals surface area contributed by atoms with E-state index >= 15 is 0 Å². The van der Waals surface area contributed by atoms with Crippen LogP contribution in [-0.2, 0) is 13.2 Å². The Balaban J connectivity index is 2.29. The minimum absolute atomic E-state index is 0.121. The number of rotatable bonds is 4. The van der Waals surface area contributed by atoms with Gasteiger partial charge in [0.15, 0.2) is 0 Å². The summed E-state index contributed by atoms with van der Waals surface area (Å²) in [4.78, 5) is 0. The van der Waals surface area contributed by atoms with E-state index < -0.39 is 0 Å². The molecule has 3 nitrogen and oxygen atoms in total. The predicted octanol–water partition coefficient (Wildman–Crippen LogP) is 3.81. The van der Waals surface area contributed by atoms with E-state index in [0.717, 1.165) is 15.6 Å². The van der Waals surface area contributed by atoms with E-state index in [4.69, 9.17) is 15.7 Å². The van der Waals surface area contributed by atoms with Crippen LogP contribution >= 0.6 is 15.9 Å². The molecule has 0 amide bonds. The smallest absolute Gasteiger partial charge is 0.127 e. The van der Waals surface area contributed by atoms with Crippen molar-refractivity contribution in [2.45, 2.75) is 20.1 Å². The Morgan fingerprint density at radius 3 is 2.71 bits per heavy atom. The third kappa shape index (κ3) is 3.60. The van der Waals surface area contributed by atoms with Gasteiger partial charge in [-0.1, -0.05) is 15.9 Å². The van der Waals surface area contributed by atoms with Crippen molar-refractivity contribution in [3.8, 4) is 11.8 Å². The molecule has 0 atom stereocenters. The van der Waals surface area contributed by atoms with Crippen LogP contribution in [0.15, 0.2) is 34.8 Å². The fraction of sp³-hybridized carbons (Fsp3) is 0.188. The molecule has 0 aliphatic carbocycles. The Labute approximate surface area is 131 Å². The molecule has 0 aliphatic heterocycles. The lowest BCUT2D eigenvalue weighted by molar-refractivity contribution is 0.300. The Kier molecular flexibility index (Phi) is 4.94. The highest BCUT2D eigenvalue weighted by Gasteiger charge is 2.10. The summed E-state index contributed by atoms with van der Waals surface area (Å²) in [5, 5.41) is 9.04. The maximum absolute atomic E-state index is 13.3. The SMILES string of the molecule is Cc1cc(Br)cc(CN)c1OCc1cc(F)ccc1C#N. The van der Waals surface area contributed by atoms with Crippen molar-refractivity contribution in [3.63, 3.8) is 0 Å². The van der Waals surface area contributed by atoms with Gasteiger partial charge in [0.25, 0.3) is 0 Å². The largest absolute Gasteiger partial charge is 0.488 e. The van der Waals surface area contributed by atoms with Crippen LogP contribution < -0.4 is 10.5 Å². The molecule has 2 rings (SSSR count). The van der Waals surface area contributed by atoms with Gasteiger partial charge < -0.3 is 10.5 Å². The highest BCUT2D eigenvalue weighted by Crippen LogP contribution is 2.28. The third-order valence-corrected chi connectivity index (χ3v) is 3.55. The molecule has 0 radical (unpaired) electrons. The molecule has 2 aromatic carbocycles. The predicted molar refractivity (Wildman–Crippen MR) is 82.2 cm³/mol. The van der Waals surface area contributed by atoms with Crippen LogP contribution in [-0.4, -0.2) is 0 Å². The van der Waals surface area contributed by atoms with E-state index in [2.05, 4.69) is 15.9 Å². The van der Waals surface area contributed by atoms with Gasteiger partial charge in [0.1, 0.15) is 18.2 Å². The van der Waals surface area contributed by atoms with Crippen LogP contribution in [0.5, 0.6) is 5.75 Å². The maximum Gasteiger partial charge on any atom is 0.127 e. The summed E-state index contributed by atoms with van der Waals surface area (Å²) in [6.07, 6.45) is 0. The van der Waals surface area contributed by atoms with Gasteiger partial charge in [-0.25, -0.2) is 4.39 Å².